The molecule has 7 heteroatoms. The van der Waals surface area contributed by atoms with Crippen molar-refractivity contribution in [1.29, 1.82) is 0 Å². The lowest BCUT2D eigenvalue weighted by atomic mass is 9.64. The summed E-state index contributed by atoms with van der Waals surface area (Å²) in [6, 6.07) is 5.77. The summed E-state index contributed by atoms with van der Waals surface area (Å²) in [6.07, 6.45) is 4.00. The van der Waals surface area contributed by atoms with Crippen molar-refractivity contribution in [3.63, 3.8) is 0 Å². The molecule has 1 spiro atoms. The van der Waals surface area contributed by atoms with Gasteiger partial charge in [-0.15, -0.1) is 0 Å². The Morgan fingerprint density at radius 3 is 2.97 bits per heavy atom. The lowest BCUT2D eigenvalue weighted by molar-refractivity contribution is -0.191. The zero-order valence-electron chi connectivity index (χ0n) is 17.3. The minimum Gasteiger partial charge on any atom is -0.487 e. The Hall–Kier alpha value is -2.05. The fourth-order valence-electron chi connectivity index (χ4n) is 5.90. The molecule has 2 saturated heterocycles. The van der Waals surface area contributed by atoms with Crippen LogP contribution in [0.4, 0.5) is 0 Å². The minimum absolute atomic E-state index is 0.00693. The highest BCUT2D eigenvalue weighted by Gasteiger charge is 2.57. The molecule has 2 aromatic rings. The Balaban J connectivity index is 1.21. The first-order chi connectivity index (χ1) is 14.4. The Kier molecular flexibility index (Phi) is 3.89. The number of amides is 1. The van der Waals surface area contributed by atoms with Crippen molar-refractivity contribution in [3.05, 3.63) is 45.7 Å². The summed E-state index contributed by atoms with van der Waals surface area (Å²) in [5.41, 5.74) is 3.57. The molecule has 4 aliphatic rings. The third-order valence-electron chi connectivity index (χ3n) is 7.48. The Morgan fingerprint density at radius 1 is 1.30 bits per heavy atom. The molecule has 1 amide bonds. The second-order valence-electron chi connectivity index (χ2n) is 9.97. The van der Waals surface area contributed by atoms with Crippen LogP contribution >= 0.6 is 11.6 Å². The highest BCUT2D eigenvalue weighted by Crippen LogP contribution is 2.55. The zero-order valence-corrected chi connectivity index (χ0v) is 18.1. The Bertz CT molecular complexity index is 1040. The minimum atomic E-state index is -0.341. The standard InChI is InChI=1S/C23H26ClN3O3/c1-22(2)16-9-23(12-29-20(16)15-8-13(24)6-7-18(15)30-22)10-27(11-23)21(28)19-14-4-3-5-17(14)25-26-19/h6-8,16,20H,3-5,9-12H2,1-2H3,(H,25,26)/t16-,20+/m0/s1. The number of carbonyl (C=O) groups excluding carboxylic acids is 1. The van der Waals surface area contributed by atoms with Gasteiger partial charge in [0.15, 0.2) is 5.69 Å². The number of nitrogens with zero attached hydrogens (tertiary/aromatic N) is 2. The van der Waals surface area contributed by atoms with E-state index in [1.54, 1.807) is 0 Å². The molecule has 1 N–H and O–H groups in total. The number of likely N-dealkylation sites (tertiary alicyclic amines) is 1. The van der Waals surface area contributed by atoms with Gasteiger partial charge in [-0.05, 0) is 57.7 Å². The number of rotatable bonds is 1. The van der Waals surface area contributed by atoms with Crippen LogP contribution < -0.4 is 4.74 Å². The van der Waals surface area contributed by atoms with Crippen LogP contribution in [-0.2, 0) is 17.6 Å². The maximum absolute atomic E-state index is 13.0. The van der Waals surface area contributed by atoms with E-state index in [0.29, 0.717) is 17.3 Å². The van der Waals surface area contributed by atoms with Gasteiger partial charge in [-0.25, -0.2) is 0 Å². The molecule has 3 aliphatic heterocycles. The normalized spacial score (nSPS) is 27.6. The number of hydrogen-bond donors (Lipinski definition) is 1. The second kappa shape index (κ2) is 6.24. The highest BCUT2D eigenvalue weighted by atomic mass is 35.5. The van der Waals surface area contributed by atoms with Crippen molar-refractivity contribution in [2.45, 2.75) is 51.2 Å². The van der Waals surface area contributed by atoms with Gasteiger partial charge in [0.05, 0.1) is 12.7 Å². The molecule has 1 aromatic heterocycles. The monoisotopic (exact) mass is 427 g/mol. The first-order valence-corrected chi connectivity index (χ1v) is 11.2. The van der Waals surface area contributed by atoms with Gasteiger partial charge in [0.1, 0.15) is 11.4 Å². The number of benzene rings is 1. The van der Waals surface area contributed by atoms with Crippen LogP contribution in [-0.4, -0.2) is 46.3 Å². The van der Waals surface area contributed by atoms with Gasteiger partial charge in [-0.1, -0.05) is 11.6 Å². The van der Waals surface area contributed by atoms with Crippen LogP contribution in [0, 0.1) is 11.3 Å². The van der Waals surface area contributed by atoms with Crippen LogP contribution in [0.25, 0.3) is 0 Å². The molecule has 1 aromatic carbocycles. The first kappa shape index (κ1) is 18.7. The molecule has 0 unspecified atom stereocenters. The zero-order chi connectivity index (χ0) is 20.7. The van der Waals surface area contributed by atoms with E-state index in [0.717, 1.165) is 61.3 Å². The largest absolute Gasteiger partial charge is 0.487 e. The number of fused-ring (bicyclic) bond motifs is 4. The van der Waals surface area contributed by atoms with E-state index in [1.807, 2.05) is 23.1 Å². The first-order valence-electron chi connectivity index (χ1n) is 10.8. The molecule has 0 radical (unpaired) electrons. The SMILES string of the molecule is CC1(C)Oc2ccc(Cl)cc2[C@H]2OCC3(C[C@@H]21)CN(C(=O)c1n[nH]c2c1CCC2)C3. The quantitative estimate of drug-likeness (QED) is 0.748. The molecule has 30 heavy (non-hydrogen) atoms. The summed E-state index contributed by atoms with van der Waals surface area (Å²) in [4.78, 5) is 15.0. The number of aromatic amines is 1. The van der Waals surface area contributed by atoms with Gasteiger partial charge in [-0.3, -0.25) is 9.89 Å². The number of halogens is 1. The number of H-pyrrole nitrogens is 1. The van der Waals surface area contributed by atoms with E-state index >= 15 is 0 Å². The van der Waals surface area contributed by atoms with E-state index in [-0.39, 0.29) is 28.9 Å². The topological polar surface area (TPSA) is 67.5 Å². The van der Waals surface area contributed by atoms with Gasteiger partial charge in [0.25, 0.3) is 5.91 Å². The predicted octanol–water partition coefficient (Wildman–Crippen LogP) is 3.94. The molecule has 6 nitrogen and oxygen atoms in total. The van der Waals surface area contributed by atoms with E-state index in [9.17, 15) is 4.79 Å². The predicted molar refractivity (Wildman–Crippen MR) is 112 cm³/mol. The molecule has 158 valence electrons. The number of hydrogen-bond acceptors (Lipinski definition) is 4. The van der Waals surface area contributed by atoms with Gasteiger partial charge in [-0.2, -0.15) is 5.10 Å². The van der Waals surface area contributed by atoms with Crippen LogP contribution in [0.1, 0.15) is 60.1 Å². The van der Waals surface area contributed by atoms with Crippen LogP contribution in [0.15, 0.2) is 18.2 Å². The van der Waals surface area contributed by atoms with Crippen molar-refractivity contribution in [2.24, 2.45) is 11.3 Å². The average molecular weight is 428 g/mol. The number of ether oxygens (including phenoxy) is 2. The van der Waals surface area contributed by atoms with Gasteiger partial charge < -0.3 is 14.4 Å². The molecule has 0 bridgehead atoms. The summed E-state index contributed by atoms with van der Waals surface area (Å²) in [5.74, 6) is 1.13. The number of aryl methyl sites for hydroxylation is 1. The van der Waals surface area contributed by atoms with Crippen molar-refractivity contribution < 1.29 is 14.3 Å². The summed E-state index contributed by atoms with van der Waals surface area (Å²) in [7, 11) is 0. The molecule has 6 rings (SSSR count). The fourth-order valence-corrected chi connectivity index (χ4v) is 6.08. The smallest absolute Gasteiger partial charge is 0.274 e. The maximum Gasteiger partial charge on any atom is 0.274 e. The maximum atomic E-state index is 13.0. The summed E-state index contributed by atoms with van der Waals surface area (Å²) in [6.45, 7) is 6.36. The highest BCUT2D eigenvalue weighted by molar-refractivity contribution is 6.30. The van der Waals surface area contributed by atoms with Crippen molar-refractivity contribution in [3.8, 4) is 5.75 Å². The Labute approximate surface area is 180 Å². The van der Waals surface area contributed by atoms with Gasteiger partial charge in [0, 0.05) is 46.3 Å². The lowest BCUT2D eigenvalue weighted by Crippen LogP contribution is -2.65. The number of aromatic nitrogens is 2. The molecule has 1 aliphatic carbocycles. The van der Waals surface area contributed by atoms with Crippen molar-refractivity contribution >= 4 is 17.5 Å². The van der Waals surface area contributed by atoms with E-state index < -0.39 is 0 Å². The average Bonchev–Trinajstić information content (AvgIpc) is 3.30. The van der Waals surface area contributed by atoms with Crippen LogP contribution in [0.5, 0.6) is 5.75 Å². The molecule has 2 atom stereocenters. The van der Waals surface area contributed by atoms with Gasteiger partial charge >= 0.3 is 0 Å². The third kappa shape index (κ3) is 2.66. The van der Waals surface area contributed by atoms with Gasteiger partial charge in [0.2, 0.25) is 0 Å². The second-order valence-corrected chi connectivity index (χ2v) is 10.4. The van der Waals surface area contributed by atoms with E-state index in [2.05, 4.69) is 24.0 Å². The number of nitrogens with one attached hydrogen (secondary N) is 1. The molecular weight excluding hydrogens is 402 g/mol. The third-order valence-corrected chi connectivity index (χ3v) is 7.72. The fraction of sp³-hybridized carbons (Fsp3) is 0.565. The van der Waals surface area contributed by atoms with Crippen molar-refractivity contribution in [2.75, 3.05) is 19.7 Å². The van der Waals surface area contributed by atoms with Crippen molar-refractivity contribution in [1.82, 2.24) is 15.1 Å². The molecule has 4 heterocycles. The van der Waals surface area contributed by atoms with Crippen LogP contribution in [0.3, 0.4) is 0 Å². The number of carbonyl (C=O) groups is 1. The summed E-state index contributed by atoms with van der Waals surface area (Å²) < 4.78 is 12.8. The Morgan fingerprint density at radius 2 is 2.13 bits per heavy atom. The molecule has 0 saturated carbocycles. The summed E-state index contributed by atoms with van der Waals surface area (Å²) in [5, 5.41) is 8.07. The van der Waals surface area contributed by atoms with E-state index in [4.69, 9.17) is 21.1 Å². The van der Waals surface area contributed by atoms with Crippen LogP contribution in [0.2, 0.25) is 5.02 Å². The lowest BCUT2D eigenvalue weighted by Gasteiger charge is -2.58. The molecule has 2 fully saturated rings. The summed E-state index contributed by atoms with van der Waals surface area (Å²) >= 11 is 6.25. The van der Waals surface area contributed by atoms with E-state index in [1.165, 1.54) is 0 Å². The molecular formula is C23H26ClN3O3.